The number of nitrogens with zero attached hydrogens (tertiary/aromatic N) is 2. The number of carbonyl (C=O) groups excluding carboxylic acids is 1. The average Bonchev–Trinajstić information content (AvgIpc) is 3.33. The Hall–Kier alpha value is -2.79. The fraction of sp³-hybridized carbons (Fsp3) is 0.533. The summed E-state index contributed by atoms with van der Waals surface area (Å²) in [5, 5.41) is 0.563. The third kappa shape index (κ3) is 7.48. The van der Waals surface area contributed by atoms with Gasteiger partial charge in [0.15, 0.2) is 5.17 Å². The molecule has 0 aliphatic carbocycles. The highest BCUT2D eigenvalue weighted by Gasteiger charge is 2.50. The Morgan fingerprint density at radius 3 is 1.93 bits per heavy atom. The third-order valence-electron chi connectivity index (χ3n) is 6.60. The Labute approximate surface area is 241 Å². The number of amides is 1. The van der Waals surface area contributed by atoms with Crippen LogP contribution in [-0.4, -0.2) is 72.3 Å². The van der Waals surface area contributed by atoms with Crippen LogP contribution in [0.2, 0.25) is 0 Å². The van der Waals surface area contributed by atoms with Gasteiger partial charge < -0.3 is 28.4 Å². The highest BCUT2D eigenvalue weighted by Crippen LogP contribution is 2.40. The Morgan fingerprint density at radius 1 is 0.925 bits per heavy atom. The second-order valence-electron chi connectivity index (χ2n) is 10.7. The Kier molecular flexibility index (Phi) is 9.99. The number of fused-ring (bicyclic) bond motifs is 1. The van der Waals surface area contributed by atoms with Crippen LogP contribution in [0, 0.1) is 0 Å². The number of rotatable bonds is 9. The van der Waals surface area contributed by atoms with Crippen LogP contribution in [0.25, 0.3) is 0 Å². The van der Waals surface area contributed by atoms with Crippen LogP contribution >= 0.6 is 11.8 Å². The van der Waals surface area contributed by atoms with E-state index in [1.54, 1.807) is 19.1 Å². The first-order valence-corrected chi connectivity index (χ1v) is 14.4. The molecule has 1 saturated heterocycles. The maximum Gasteiger partial charge on any atom is 0.416 e. The lowest BCUT2D eigenvalue weighted by atomic mass is 9.98. The van der Waals surface area contributed by atoms with E-state index in [0.29, 0.717) is 24.9 Å². The molecule has 1 fully saturated rings. The van der Waals surface area contributed by atoms with E-state index in [1.165, 1.54) is 11.8 Å². The quantitative estimate of drug-likeness (QED) is 0.381. The number of ether oxygens (including phenoxy) is 6. The van der Waals surface area contributed by atoms with Gasteiger partial charge in [0.2, 0.25) is 0 Å². The number of hydrogen-bond donors (Lipinski definition) is 0. The molecule has 2 aromatic rings. The van der Waals surface area contributed by atoms with E-state index in [1.807, 2.05) is 83.1 Å². The first kappa shape index (κ1) is 30.2. The zero-order valence-electron chi connectivity index (χ0n) is 24.3. The van der Waals surface area contributed by atoms with Gasteiger partial charge in [0.25, 0.3) is 0 Å². The molecule has 0 saturated carbocycles. The van der Waals surface area contributed by atoms with Crippen molar-refractivity contribution in [1.29, 1.82) is 0 Å². The summed E-state index contributed by atoms with van der Waals surface area (Å²) < 4.78 is 35.6. The molecule has 2 aliphatic rings. The van der Waals surface area contributed by atoms with E-state index in [-0.39, 0.29) is 23.7 Å². The molecule has 0 unspecified atom stereocenters. The van der Waals surface area contributed by atoms with Crippen molar-refractivity contribution in [3.63, 3.8) is 0 Å². The highest BCUT2D eigenvalue weighted by atomic mass is 32.2. The lowest BCUT2D eigenvalue weighted by Gasteiger charge is -2.41. The normalized spacial score (nSPS) is 24.2. The number of hydrogen-bond acceptors (Lipinski definition) is 9. The smallest absolute Gasteiger partial charge is 0.416 e. The van der Waals surface area contributed by atoms with Gasteiger partial charge in [-0.2, -0.15) is 0 Å². The van der Waals surface area contributed by atoms with Gasteiger partial charge in [-0.1, -0.05) is 36.0 Å². The maximum atomic E-state index is 13.0. The van der Waals surface area contributed by atoms with E-state index in [9.17, 15) is 4.79 Å². The number of thioether (sulfide) groups is 1. The predicted molar refractivity (Wildman–Crippen MR) is 155 cm³/mol. The molecule has 0 radical (unpaired) electrons. The van der Waals surface area contributed by atoms with Gasteiger partial charge in [-0.25, -0.2) is 4.79 Å². The molecule has 0 spiro atoms. The molecule has 0 aromatic heterocycles. The SMILES string of the molecule is CCN(C(=O)OC(C)(C)C)C1=N[C@@H]2[C@@H](OCc3ccc(OC)cc3)[C@H](OCc3ccc(OC)cc3)[C@@H](C)O[C@@H]2S1. The predicted octanol–water partition coefficient (Wildman–Crippen LogP) is 5.65. The first-order chi connectivity index (χ1) is 19.1. The molecule has 2 aromatic carbocycles. The van der Waals surface area contributed by atoms with Crippen LogP contribution in [0.1, 0.15) is 45.7 Å². The molecule has 4 rings (SSSR count). The van der Waals surface area contributed by atoms with E-state index in [4.69, 9.17) is 33.4 Å². The van der Waals surface area contributed by atoms with Crippen LogP contribution in [0.15, 0.2) is 53.5 Å². The van der Waals surface area contributed by atoms with E-state index in [2.05, 4.69) is 0 Å². The largest absolute Gasteiger partial charge is 0.497 e. The van der Waals surface area contributed by atoms with Crippen LogP contribution in [0.3, 0.4) is 0 Å². The summed E-state index contributed by atoms with van der Waals surface area (Å²) in [5.74, 6) is 1.57. The van der Waals surface area contributed by atoms with Gasteiger partial charge in [0.1, 0.15) is 40.8 Å². The fourth-order valence-electron chi connectivity index (χ4n) is 4.52. The second kappa shape index (κ2) is 13.2. The number of aliphatic imine (C=N–C) groups is 1. The summed E-state index contributed by atoms with van der Waals surface area (Å²) >= 11 is 1.42. The molecule has 2 aliphatic heterocycles. The molecule has 1 amide bonds. The Balaban J connectivity index is 1.56. The van der Waals surface area contributed by atoms with E-state index < -0.39 is 17.8 Å². The number of benzene rings is 2. The summed E-state index contributed by atoms with van der Waals surface area (Å²) in [5.41, 5.74) is 1.08. The molecule has 2 heterocycles. The summed E-state index contributed by atoms with van der Waals surface area (Å²) in [7, 11) is 3.29. The van der Waals surface area contributed by atoms with Crippen LogP contribution in [-0.2, 0) is 32.2 Å². The van der Waals surface area contributed by atoms with E-state index in [0.717, 1.165) is 22.6 Å². The van der Waals surface area contributed by atoms with E-state index >= 15 is 0 Å². The minimum atomic E-state index is -0.615. The molecule has 218 valence electrons. The lowest BCUT2D eigenvalue weighted by molar-refractivity contribution is -0.192. The third-order valence-corrected chi connectivity index (χ3v) is 7.75. The molecule has 9 nitrogen and oxygen atoms in total. The summed E-state index contributed by atoms with van der Waals surface area (Å²) in [6.07, 6.45) is -1.49. The van der Waals surface area contributed by atoms with Gasteiger partial charge in [-0.05, 0) is 70.0 Å². The highest BCUT2D eigenvalue weighted by molar-refractivity contribution is 8.14. The number of amidine groups is 1. The molecular formula is C30H40N2O7S. The van der Waals surface area contributed by atoms with Crippen molar-refractivity contribution in [2.75, 3.05) is 20.8 Å². The van der Waals surface area contributed by atoms with Crippen molar-refractivity contribution in [2.45, 2.75) is 83.2 Å². The van der Waals surface area contributed by atoms with Crippen molar-refractivity contribution in [3.8, 4) is 11.5 Å². The first-order valence-electron chi connectivity index (χ1n) is 13.5. The number of methoxy groups -OCH3 is 2. The van der Waals surface area contributed by atoms with Gasteiger partial charge in [0.05, 0.1) is 33.5 Å². The van der Waals surface area contributed by atoms with Gasteiger partial charge >= 0.3 is 6.09 Å². The topological polar surface area (TPSA) is 88.1 Å². The van der Waals surface area contributed by atoms with Gasteiger partial charge in [-0.3, -0.25) is 9.89 Å². The monoisotopic (exact) mass is 572 g/mol. The Bertz CT molecular complexity index is 1150. The minimum Gasteiger partial charge on any atom is -0.497 e. The zero-order chi connectivity index (χ0) is 28.9. The van der Waals surface area contributed by atoms with Gasteiger partial charge in [-0.15, -0.1) is 0 Å². The summed E-state index contributed by atoms with van der Waals surface area (Å²) in [4.78, 5) is 19.5. The van der Waals surface area contributed by atoms with Crippen molar-refractivity contribution in [3.05, 3.63) is 59.7 Å². The molecule has 10 heteroatoms. The molecular weight excluding hydrogens is 532 g/mol. The molecule has 0 N–H and O–H groups in total. The van der Waals surface area contributed by atoms with Crippen molar-refractivity contribution >= 4 is 23.0 Å². The average molecular weight is 573 g/mol. The summed E-state index contributed by atoms with van der Waals surface area (Å²) in [6.45, 7) is 10.6. The minimum absolute atomic E-state index is 0.265. The molecule has 0 bridgehead atoms. The Morgan fingerprint density at radius 2 is 1.45 bits per heavy atom. The zero-order valence-corrected chi connectivity index (χ0v) is 25.1. The second-order valence-corrected chi connectivity index (χ2v) is 11.8. The standard InChI is InChI=1S/C30H40N2O7S/c1-8-32(29(33)39-30(3,4)5)28-31-24-26(37-18-21-11-15-23(35-7)16-12-21)25(19(2)38-27(24)40-28)36-17-20-9-13-22(34-6)14-10-20/h9-16,19,24-27H,8,17-18H2,1-7H3/t19-,24-,25-,26-,27-/m1/s1. The van der Waals surface area contributed by atoms with Crippen LogP contribution in [0.4, 0.5) is 4.79 Å². The summed E-state index contributed by atoms with van der Waals surface area (Å²) in [6, 6.07) is 15.2. The van der Waals surface area contributed by atoms with Crippen LogP contribution < -0.4 is 9.47 Å². The lowest BCUT2D eigenvalue weighted by Crippen LogP contribution is -2.55. The van der Waals surface area contributed by atoms with Gasteiger partial charge in [0, 0.05) is 6.54 Å². The fourth-order valence-corrected chi connectivity index (χ4v) is 5.83. The van der Waals surface area contributed by atoms with Crippen molar-refractivity contribution in [2.24, 2.45) is 4.99 Å². The molecule has 5 atom stereocenters. The maximum absolute atomic E-state index is 13.0. The van der Waals surface area contributed by atoms with Crippen molar-refractivity contribution < 1.29 is 33.2 Å². The van der Waals surface area contributed by atoms with Crippen molar-refractivity contribution in [1.82, 2.24) is 4.90 Å². The molecule has 40 heavy (non-hydrogen) atoms. The van der Waals surface area contributed by atoms with Crippen LogP contribution in [0.5, 0.6) is 11.5 Å². The number of carbonyl (C=O) groups is 1.